The van der Waals surface area contributed by atoms with Gasteiger partial charge in [0.2, 0.25) is 0 Å². The number of imidazole rings is 1. The Morgan fingerprint density at radius 2 is 1.85 bits per heavy atom. The van der Waals surface area contributed by atoms with Gasteiger partial charge in [-0.1, -0.05) is 29.3 Å². The van der Waals surface area contributed by atoms with Crippen molar-refractivity contribution in [3.05, 3.63) is 82.9 Å². The summed E-state index contributed by atoms with van der Waals surface area (Å²) >= 11 is 6.11. The van der Waals surface area contributed by atoms with E-state index in [0.29, 0.717) is 18.2 Å². The molecule has 0 saturated heterocycles. The van der Waals surface area contributed by atoms with Crippen LogP contribution < -0.4 is 4.74 Å². The Kier molecular flexibility index (Phi) is 6.20. The minimum absolute atomic E-state index is 0.428. The van der Waals surface area contributed by atoms with Crippen LogP contribution >= 0.6 is 11.6 Å². The van der Waals surface area contributed by atoms with Crippen LogP contribution in [0.1, 0.15) is 23.6 Å². The fourth-order valence-corrected chi connectivity index (χ4v) is 3.00. The normalized spacial score (nSPS) is 11.9. The van der Waals surface area contributed by atoms with Gasteiger partial charge in [-0.25, -0.2) is 4.98 Å². The van der Waals surface area contributed by atoms with Crippen molar-refractivity contribution in [2.75, 3.05) is 13.2 Å². The van der Waals surface area contributed by atoms with Crippen LogP contribution in [0.15, 0.2) is 61.2 Å². The summed E-state index contributed by atoms with van der Waals surface area (Å²) in [5, 5.41) is 0.707. The lowest BCUT2D eigenvalue weighted by molar-refractivity contribution is 0.195. The molecule has 3 rings (SSSR count). The largest absolute Gasteiger partial charge is 0.490 e. The average molecular weight is 383 g/mol. The Morgan fingerprint density at radius 1 is 1.07 bits per heavy atom. The molecule has 0 atom stereocenters. The van der Waals surface area contributed by atoms with Crippen LogP contribution in [0.5, 0.6) is 5.75 Å². The zero-order valence-corrected chi connectivity index (χ0v) is 16.5. The van der Waals surface area contributed by atoms with Crippen molar-refractivity contribution in [1.82, 2.24) is 9.55 Å². The molecule has 0 bridgehead atoms. The molecule has 3 aromatic rings. The first kappa shape index (κ1) is 19.1. The zero-order valence-electron chi connectivity index (χ0n) is 15.8. The SMILES string of the molecule is C/C(=C(/OCCOc1ccc(C)cc1)c1ccc(Cl)cc1C)n1ccnc1. The van der Waals surface area contributed by atoms with Gasteiger partial charge in [0, 0.05) is 23.0 Å². The Labute approximate surface area is 165 Å². The van der Waals surface area contributed by atoms with E-state index in [9.17, 15) is 0 Å². The second kappa shape index (κ2) is 8.78. The molecule has 1 heterocycles. The van der Waals surface area contributed by atoms with E-state index in [-0.39, 0.29) is 0 Å². The molecular weight excluding hydrogens is 360 g/mol. The lowest BCUT2D eigenvalue weighted by Crippen LogP contribution is -2.09. The van der Waals surface area contributed by atoms with E-state index in [1.54, 1.807) is 12.5 Å². The van der Waals surface area contributed by atoms with E-state index in [0.717, 1.165) is 28.3 Å². The van der Waals surface area contributed by atoms with Crippen LogP contribution in [0.25, 0.3) is 11.5 Å². The van der Waals surface area contributed by atoms with E-state index < -0.39 is 0 Å². The molecule has 0 aliphatic carbocycles. The molecule has 140 valence electrons. The third kappa shape index (κ3) is 4.92. The Morgan fingerprint density at radius 3 is 2.52 bits per heavy atom. The maximum absolute atomic E-state index is 6.14. The van der Waals surface area contributed by atoms with Crippen molar-refractivity contribution in [2.45, 2.75) is 20.8 Å². The number of allylic oxidation sites excluding steroid dienone is 1. The number of aromatic nitrogens is 2. The Balaban J connectivity index is 1.76. The van der Waals surface area contributed by atoms with Crippen LogP contribution in [-0.2, 0) is 4.74 Å². The topological polar surface area (TPSA) is 36.3 Å². The molecule has 4 nitrogen and oxygen atoms in total. The maximum atomic E-state index is 6.14. The molecule has 0 aliphatic rings. The highest BCUT2D eigenvalue weighted by Crippen LogP contribution is 2.28. The number of benzene rings is 2. The number of rotatable bonds is 7. The molecule has 0 fully saturated rings. The third-order valence-corrected chi connectivity index (χ3v) is 4.51. The highest BCUT2D eigenvalue weighted by Gasteiger charge is 2.13. The van der Waals surface area contributed by atoms with Gasteiger partial charge in [0.25, 0.3) is 0 Å². The number of hydrogen-bond acceptors (Lipinski definition) is 3. The second-order valence-electron chi connectivity index (χ2n) is 6.35. The smallest absolute Gasteiger partial charge is 0.146 e. The van der Waals surface area contributed by atoms with Gasteiger partial charge < -0.3 is 14.0 Å². The molecule has 0 saturated carbocycles. The van der Waals surface area contributed by atoms with Crippen LogP contribution in [-0.4, -0.2) is 22.8 Å². The first-order chi connectivity index (χ1) is 13.0. The predicted molar refractivity (Wildman–Crippen MR) is 110 cm³/mol. The van der Waals surface area contributed by atoms with Crippen molar-refractivity contribution in [3.63, 3.8) is 0 Å². The van der Waals surface area contributed by atoms with Crippen LogP contribution in [0.3, 0.4) is 0 Å². The standard InChI is InChI=1S/C22H23ClN2O2/c1-16-4-7-20(8-5-16)26-12-13-27-22(18(3)25-11-10-24-15-25)21-9-6-19(23)14-17(21)2/h4-11,14-15H,12-13H2,1-3H3/b22-18-. The number of aryl methyl sites for hydroxylation is 2. The van der Waals surface area contributed by atoms with Crippen LogP contribution in [0.4, 0.5) is 0 Å². The molecule has 27 heavy (non-hydrogen) atoms. The van der Waals surface area contributed by atoms with Crippen molar-refractivity contribution in [2.24, 2.45) is 0 Å². The van der Waals surface area contributed by atoms with Gasteiger partial charge in [-0.05, 0) is 56.7 Å². The summed E-state index contributed by atoms with van der Waals surface area (Å²) in [5.41, 5.74) is 4.21. The lowest BCUT2D eigenvalue weighted by atomic mass is 10.1. The quantitative estimate of drug-likeness (QED) is 0.394. The highest BCUT2D eigenvalue weighted by molar-refractivity contribution is 6.30. The van der Waals surface area contributed by atoms with Crippen molar-refractivity contribution in [1.29, 1.82) is 0 Å². The summed E-state index contributed by atoms with van der Waals surface area (Å²) in [5.74, 6) is 1.62. The highest BCUT2D eigenvalue weighted by atomic mass is 35.5. The maximum Gasteiger partial charge on any atom is 0.146 e. The predicted octanol–water partition coefficient (Wildman–Crippen LogP) is 5.59. The first-order valence-electron chi connectivity index (χ1n) is 8.82. The zero-order chi connectivity index (χ0) is 19.2. The van der Waals surface area contributed by atoms with Crippen molar-refractivity contribution in [3.8, 4) is 5.75 Å². The average Bonchev–Trinajstić information content (AvgIpc) is 3.18. The summed E-state index contributed by atoms with van der Waals surface area (Å²) < 4.78 is 13.9. The Hall–Kier alpha value is -2.72. The molecule has 0 radical (unpaired) electrons. The van der Waals surface area contributed by atoms with E-state index in [2.05, 4.69) is 11.9 Å². The van der Waals surface area contributed by atoms with Crippen molar-refractivity contribution < 1.29 is 9.47 Å². The monoisotopic (exact) mass is 382 g/mol. The van der Waals surface area contributed by atoms with Gasteiger partial charge in [-0.3, -0.25) is 0 Å². The van der Waals surface area contributed by atoms with Gasteiger partial charge >= 0.3 is 0 Å². The van der Waals surface area contributed by atoms with Crippen molar-refractivity contribution >= 4 is 23.1 Å². The molecule has 0 N–H and O–H groups in total. The van der Waals surface area contributed by atoms with Crippen LogP contribution in [0.2, 0.25) is 5.02 Å². The number of ether oxygens (including phenoxy) is 2. The minimum atomic E-state index is 0.428. The van der Waals surface area contributed by atoms with Gasteiger partial charge in [-0.15, -0.1) is 0 Å². The molecule has 0 aliphatic heterocycles. The summed E-state index contributed by atoms with van der Waals surface area (Å²) in [6.07, 6.45) is 5.40. The summed E-state index contributed by atoms with van der Waals surface area (Å²) in [7, 11) is 0. The first-order valence-corrected chi connectivity index (χ1v) is 9.20. The molecule has 2 aromatic carbocycles. The minimum Gasteiger partial charge on any atom is -0.490 e. The van der Waals surface area contributed by atoms with E-state index >= 15 is 0 Å². The Bertz CT molecular complexity index is 916. The molecule has 5 heteroatoms. The fourth-order valence-electron chi connectivity index (χ4n) is 2.77. The van der Waals surface area contributed by atoms with E-state index in [4.69, 9.17) is 21.1 Å². The van der Waals surface area contributed by atoms with Gasteiger partial charge in [-0.2, -0.15) is 0 Å². The van der Waals surface area contributed by atoms with Gasteiger partial charge in [0.1, 0.15) is 24.7 Å². The second-order valence-corrected chi connectivity index (χ2v) is 6.79. The fraction of sp³-hybridized carbons (Fsp3) is 0.227. The number of nitrogens with zero attached hydrogens (tertiary/aromatic N) is 2. The molecule has 0 amide bonds. The third-order valence-electron chi connectivity index (χ3n) is 4.27. The van der Waals surface area contributed by atoms with Gasteiger partial charge in [0.05, 0.1) is 12.0 Å². The van der Waals surface area contributed by atoms with Gasteiger partial charge in [0.15, 0.2) is 0 Å². The number of hydrogen-bond donors (Lipinski definition) is 0. The molecule has 0 unspecified atom stereocenters. The summed E-state index contributed by atoms with van der Waals surface area (Å²) in [4.78, 5) is 4.13. The van der Waals surface area contributed by atoms with Crippen LogP contribution in [0, 0.1) is 13.8 Å². The summed E-state index contributed by atoms with van der Waals surface area (Å²) in [6.45, 7) is 6.96. The molecular formula is C22H23ClN2O2. The number of halogens is 1. The lowest BCUT2D eigenvalue weighted by Gasteiger charge is -2.17. The summed E-state index contributed by atoms with van der Waals surface area (Å²) in [6, 6.07) is 13.8. The molecule has 0 spiro atoms. The molecule has 1 aromatic heterocycles. The van der Waals surface area contributed by atoms with E-state index in [1.807, 2.05) is 67.1 Å². The van der Waals surface area contributed by atoms with E-state index in [1.165, 1.54) is 5.56 Å².